The Labute approximate surface area is 126 Å². The molecule has 0 spiro atoms. The number of aromatic carboxylic acids is 1. The first-order valence-electron chi connectivity index (χ1n) is 5.78. The second-order valence-electron chi connectivity index (χ2n) is 4.07. The number of hydrogen-bond acceptors (Lipinski definition) is 3. The summed E-state index contributed by atoms with van der Waals surface area (Å²) in [5, 5.41) is 8.91. The van der Waals surface area contributed by atoms with Gasteiger partial charge in [0.2, 0.25) is 0 Å². The Bertz CT molecular complexity index is 801. The number of rotatable bonds is 4. The molecule has 0 saturated heterocycles. The number of halogens is 1. The molecule has 0 aliphatic rings. The minimum Gasteiger partial charge on any atom is -0.478 e. The lowest BCUT2D eigenvalue weighted by atomic mass is 10.2. The third-order valence-electron chi connectivity index (χ3n) is 2.61. The van der Waals surface area contributed by atoms with Crippen LogP contribution in [0.3, 0.4) is 0 Å². The van der Waals surface area contributed by atoms with Crippen molar-refractivity contribution in [1.29, 1.82) is 0 Å². The molecule has 0 amide bonds. The maximum atomic E-state index is 12.1. The van der Waals surface area contributed by atoms with E-state index in [-0.39, 0.29) is 15.5 Å². The molecule has 0 aliphatic heterocycles. The van der Waals surface area contributed by atoms with Crippen molar-refractivity contribution in [2.24, 2.45) is 4.40 Å². The van der Waals surface area contributed by atoms with Crippen LogP contribution in [0, 0.1) is 0 Å². The SMILES string of the molecule is O=C(O)c1cc(S(=O)(=O)N=Cc2ccccc2)ccc1Cl. The van der Waals surface area contributed by atoms with Gasteiger partial charge < -0.3 is 5.11 Å². The Morgan fingerprint density at radius 2 is 1.81 bits per heavy atom. The average Bonchev–Trinajstić information content (AvgIpc) is 2.46. The molecule has 0 bridgehead atoms. The van der Waals surface area contributed by atoms with E-state index >= 15 is 0 Å². The van der Waals surface area contributed by atoms with E-state index in [1.165, 1.54) is 18.3 Å². The number of sulfonamides is 1. The number of nitrogens with zero attached hydrogens (tertiary/aromatic N) is 1. The van der Waals surface area contributed by atoms with E-state index in [0.717, 1.165) is 6.07 Å². The van der Waals surface area contributed by atoms with Gasteiger partial charge in [0, 0.05) is 6.21 Å². The van der Waals surface area contributed by atoms with Crippen molar-refractivity contribution in [2.45, 2.75) is 4.90 Å². The average molecular weight is 324 g/mol. The van der Waals surface area contributed by atoms with Gasteiger partial charge in [0.15, 0.2) is 0 Å². The van der Waals surface area contributed by atoms with Gasteiger partial charge in [0.1, 0.15) is 0 Å². The number of carbonyl (C=O) groups is 1. The summed E-state index contributed by atoms with van der Waals surface area (Å²) in [4.78, 5) is 10.7. The maximum Gasteiger partial charge on any atom is 0.337 e. The molecule has 0 aliphatic carbocycles. The van der Waals surface area contributed by atoms with Gasteiger partial charge in [-0.2, -0.15) is 12.8 Å². The van der Waals surface area contributed by atoms with Crippen molar-refractivity contribution < 1.29 is 18.3 Å². The van der Waals surface area contributed by atoms with E-state index in [9.17, 15) is 13.2 Å². The summed E-state index contributed by atoms with van der Waals surface area (Å²) in [6, 6.07) is 12.1. The van der Waals surface area contributed by atoms with Crippen molar-refractivity contribution in [3.05, 3.63) is 64.7 Å². The number of carboxylic acids is 1. The monoisotopic (exact) mass is 323 g/mol. The lowest BCUT2D eigenvalue weighted by Crippen LogP contribution is -2.03. The molecule has 0 saturated carbocycles. The lowest BCUT2D eigenvalue weighted by molar-refractivity contribution is 0.0697. The zero-order chi connectivity index (χ0) is 15.5. The number of benzene rings is 2. The smallest absolute Gasteiger partial charge is 0.337 e. The second kappa shape index (κ2) is 6.07. The van der Waals surface area contributed by atoms with Crippen LogP contribution in [0.5, 0.6) is 0 Å². The van der Waals surface area contributed by atoms with Crippen LogP contribution < -0.4 is 0 Å². The predicted octanol–water partition coefficient (Wildman–Crippen LogP) is 2.85. The Morgan fingerprint density at radius 3 is 2.43 bits per heavy atom. The van der Waals surface area contributed by atoms with Crippen LogP contribution in [-0.4, -0.2) is 25.7 Å². The molecule has 21 heavy (non-hydrogen) atoms. The van der Waals surface area contributed by atoms with Gasteiger partial charge >= 0.3 is 5.97 Å². The van der Waals surface area contributed by atoms with Crippen molar-refractivity contribution in [2.75, 3.05) is 0 Å². The van der Waals surface area contributed by atoms with Gasteiger partial charge in [-0.15, -0.1) is 0 Å². The normalized spacial score (nSPS) is 11.7. The maximum absolute atomic E-state index is 12.1. The number of carboxylic acid groups (broad SMARTS) is 1. The highest BCUT2D eigenvalue weighted by molar-refractivity contribution is 7.90. The molecule has 1 N–H and O–H groups in total. The van der Waals surface area contributed by atoms with Crippen LogP contribution in [0.15, 0.2) is 57.8 Å². The van der Waals surface area contributed by atoms with Crippen molar-refractivity contribution in [1.82, 2.24) is 0 Å². The summed E-state index contributed by atoms with van der Waals surface area (Å²) >= 11 is 5.70. The molecule has 0 heterocycles. The molecule has 108 valence electrons. The molecular formula is C14H10ClNO4S. The summed E-state index contributed by atoms with van der Waals surface area (Å²) < 4.78 is 27.7. The molecule has 2 aromatic rings. The Hall–Kier alpha value is -2.18. The zero-order valence-corrected chi connectivity index (χ0v) is 12.2. The van der Waals surface area contributed by atoms with E-state index in [1.807, 2.05) is 0 Å². The van der Waals surface area contributed by atoms with Crippen LogP contribution >= 0.6 is 11.6 Å². The summed E-state index contributed by atoms with van der Waals surface area (Å²) in [6.45, 7) is 0. The van der Waals surface area contributed by atoms with Crippen LogP contribution in [0.25, 0.3) is 0 Å². The largest absolute Gasteiger partial charge is 0.478 e. The van der Waals surface area contributed by atoms with Crippen molar-refractivity contribution in [3.8, 4) is 0 Å². The van der Waals surface area contributed by atoms with Gasteiger partial charge in [-0.1, -0.05) is 41.9 Å². The fourth-order valence-corrected chi connectivity index (χ4v) is 2.65. The highest BCUT2D eigenvalue weighted by Crippen LogP contribution is 2.21. The lowest BCUT2D eigenvalue weighted by Gasteiger charge is -2.02. The number of hydrogen-bond donors (Lipinski definition) is 1. The Balaban J connectivity index is 2.39. The zero-order valence-electron chi connectivity index (χ0n) is 10.6. The molecule has 7 heteroatoms. The third kappa shape index (κ3) is 3.68. The van der Waals surface area contributed by atoms with Crippen LogP contribution in [-0.2, 0) is 10.0 Å². The highest BCUT2D eigenvalue weighted by atomic mass is 35.5. The standard InChI is InChI=1S/C14H10ClNO4S/c15-13-7-6-11(8-12(13)14(17)18)21(19,20)16-9-10-4-2-1-3-5-10/h1-9H,(H,17,18). The molecule has 5 nitrogen and oxygen atoms in total. The van der Waals surface area contributed by atoms with E-state index < -0.39 is 16.0 Å². The highest BCUT2D eigenvalue weighted by Gasteiger charge is 2.17. The van der Waals surface area contributed by atoms with Gasteiger partial charge in [-0.3, -0.25) is 0 Å². The van der Waals surface area contributed by atoms with E-state index in [2.05, 4.69) is 4.40 Å². The molecule has 2 rings (SSSR count). The molecular weight excluding hydrogens is 314 g/mol. The predicted molar refractivity (Wildman–Crippen MR) is 79.6 cm³/mol. The minimum atomic E-state index is -3.98. The summed E-state index contributed by atoms with van der Waals surface area (Å²) in [5.74, 6) is -1.30. The molecule has 0 unspecified atom stereocenters. The van der Waals surface area contributed by atoms with Crippen LogP contribution in [0.1, 0.15) is 15.9 Å². The van der Waals surface area contributed by atoms with E-state index in [1.54, 1.807) is 30.3 Å². The topological polar surface area (TPSA) is 83.8 Å². The van der Waals surface area contributed by atoms with E-state index in [4.69, 9.17) is 16.7 Å². The first-order chi connectivity index (χ1) is 9.90. The van der Waals surface area contributed by atoms with Crippen LogP contribution in [0.2, 0.25) is 5.02 Å². The Kier molecular flexibility index (Phi) is 4.40. The van der Waals surface area contributed by atoms with Gasteiger partial charge in [0.05, 0.1) is 15.5 Å². The van der Waals surface area contributed by atoms with Gasteiger partial charge in [-0.05, 0) is 23.8 Å². The molecule has 0 radical (unpaired) electrons. The first-order valence-corrected chi connectivity index (χ1v) is 7.60. The van der Waals surface area contributed by atoms with Gasteiger partial charge in [-0.25, -0.2) is 4.79 Å². The second-order valence-corrected chi connectivity index (χ2v) is 6.11. The summed E-state index contributed by atoms with van der Waals surface area (Å²) in [5.41, 5.74) is 0.334. The fraction of sp³-hybridized carbons (Fsp3) is 0. The van der Waals surface area contributed by atoms with E-state index in [0.29, 0.717) is 5.56 Å². The Morgan fingerprint density at radius 1 is 1.14 bits per heavy atom. The van der Waals surface area contributed by atoms with Crippen molar-refractivity contribution in [3.63, 3.8) is 0 Å². The minimum absolute atomic E-state index is 0.0338. The first kappa shape index (κ1) is 15.2. The third-order valence-corrected chi connectivity index (χ3v) is 4.17. The quantitative estimate of drug-likeness (QED) is 0.877. The van der Waals surface area contributed by atoms with Gasteiger partial charge in [0.25, 0.3) is 10.0 Å². The summed E-state index contributed by atoms with van der Waals surface area (Å²) in [6.07, 6.45) is 1.20. The fourth-order valence-electron chi connectivity index (χ4n) is 1.56. The summed E-state index contributed by atoms with van der Waals surface area (Å²) in [7, 11) is -3.98. The molecule has 0 fully saturated rings. The molecule has 0 atom stereocenters. The molecule has 2 aromatic carbocycles. The molecule has 0 aromatic heterocycles. The van der Waals surface area contributed by atoms with Crippen LogP contribution in [0.4, 0.5) is 0 Å². The van der Waals surface area contributed by atoms with Crippen molar-refractivity contribution >= 4 is 33.8 Å².